The molecule has 3 heterocycles. The Labute approximate surface area is 154 Å². The smallest absolute Gasteiger partial charge is 0.164 e. The first-order valence-corrected chi connectivity index (χ1v) is 8.58. The molecule has 1 fully saturated rings. The minimum absolute atomic E-state index is 0.380. The maximum absolute atomic E-state index is 13.2. The molecule has 5 atom stereocenters. The van der Waals surface area contributed by atoms with Crippen LogP contribution < -0.4 is 0 Å². The van der Waals surface area contributed by atoms with Crippen molar-refractivity contribution >= 4 is 11.0 Å². The Hall–Kier alpha value is -2.39. The number of aryl methyl sites for hydroxylation is 1. The first kappa shape index (κ1) is 18.0. The number of hydrogen-bond acceptors (Lipinski definition) is 6. The molecule has 4 rings (SSSR count). The molecule has 0 radical (unpaired) electrons. The van der Waals surface area contributed by atoms with Gasteiger partial charge in [-0.25, -0.2) is 14.4 Å². The predicted octanol–water partition coefficient (Wildman–Crippen LogP) is 1.62. The molecule has 1 aromatic carbocycles. The molecule has 8 heteroatoms. The molecule has 3 aromatic rings. The number of rotatable bonds is 3. The third-order valence-corrected chi connectivity index (χ3v) is 5.21. The van der Waals surface area contributed by atoms with Crippen molar-refractivity contribution in [2.45, 2.75) is 44.0 Å². The quantitative estimate of drug-likeness (QED) is 0.645. The van der Waals surface area contributed by atoms with Crippen LogP contribution in [0.2, 0.25) is 0 Å². The Morgan fingerprint density at radius 3 is 2.63 bits per heavy atom. The van der Waals surface area contributed by atoms with E-state index in [9.17, 15) is 19.7 Å². The van der Waals surface area contributed by atoms with Gasteiger partial charge in [-0.15, -0.1) is 0 Å². The fourth-order valence-electron chi connectivity index (χ4n) is 3.57. The SMILES string of the molecule is Cc1ncnc2c1ccn2[C@@H]1O[C@H]([C@@H](O)c2ccc(F)cc2)[C@@](C)(O)[C@H]1O. The van der Waals surface area contributed by atoms with Crippen molar-refractivity contribution in [3.63, 3.8) is 0 Å². The zero-order valence-corrected chi connectivity index (χ0v) is 14.8. The average molecular weight is 373 g/mol. The van der Waals surface area contributed by atoms with Gasteiger partial charge in [0.25, 0.3) is 0 Å². The Morgan fingerprint density at radius 1 is 1.22 bits per heavy atom. The molecular formula is C19H20FN3O4. The zero-order chi connectivity index (χ0) is 19.3. The molecule has 1 aliphatic heterocycles. The zero-order valence-electron chi connectivity index (χ0n) is 14.8. The number of benzene rings is 1. The first-order valence-electron chi connectivity index (χ1n) is 8.58. The lowest BCUT2D eigenvalue weighted by Gasteiger charge is -2.29. The molecule has 3 N–H and O–H groups in total. The van der Waals surface area contributed by atoms with Gasteiger partial charge in [0, 0.05) is 11.6 Å². The molecule has 0 saturated carbocycles. The van der Waals surface area contributed by atoms with Crippen LogP contribution in [0.5, 0.6) is 0 Å². The van der Waals surface area contributed by atoms with Gasteiger partial charge in [-0.2, -0.15) is 0 Å². The molecule has 0 unspecified atom stereocenters. The van der Waals surface area contributed by atoms with Crippen LogP contribution in [0.4, 0.5) is 4.39 Å². The molecule has 0 spiro atoms. The molecule has 0 aliphatic carbocycles. The molecule has 27 heavy (non-hydrogen) atoms. The van der Waals surface area contributed by atoms with E-state index in [1.807, 2.05) is 6.92 Å². The van der Waals surface area contributed by atoms with Gasteiger partial charge in [-0.3, -0.25) is 0 Å². The summed E-state index contributed by atoms with van der Waals surface area (Å²) in [6, 6.07) is 7.07. The lowest BCUT2D eigenvalue weighted by Crippen LogP contribution is -2.47. The van der Waals surface area contributed by atoms with E-state index in [0.29, 0.717) is 11.2 Å². The second kappa shape index (κ2) is 6.35. The van der Waals surface area contributed by atoms with Crippen LogP contribution in [0.15, 0.2) is 42.9 Å². The van der Waals surface area contributed by atoms with Crippen molar-refractivity contribution in [3.8, 4) is 0 Å². The summed E-state index contributed by atoms with van der Waals surface area (Å²) >= 11 is 0. The molecule has 2 aromatic heterocycles. The van der Waals surface area contributed by atoms with Crippen LogP contribution in [-0.4, -0.2) is 47.7 Å². The summed E-state index contributed by atoms with van der Waals surface area (Å²) in [6.07, 6.45) is -1.53. The number of aliphatic hydroxyl groups excluding tert-OH is 2. The molecular weight excluding hydrogens is 353 g/mol. The van der Waals surface area contributed by atoms with E-state index in [-0.39, 0.29) is 0 Å². The van der Waals surface area contributed by atoms with Gasteiger partial charge in [-0.05, 0) is 37.6 Å². The predicted molar refractivity (Wildman–Crippen MR) is 94.2 cm³/mol. The van der Waals surface area contributed by atoms with Gasteiger partial charge in [0.05, 0.1) is 5.69 Å². The lowest BCUT2D eigenvalue weighted by molar-refractivity contribution is -0.115. The van der Waals surface area contributed by atoms with Gasteiger partial charge >= 0.3 is 0 Å². The van der Waals surface area contributed by atoms with Crippen molar-refractivity contribution in [2.75, 3.05) is 0 Å². The number of halogens is 1. The van der Waals surface area contributed by atoms with Gasteiger partial charge in [0.2, 0.25) is 0 Å². The average Bonchev–Trinajstić information content (AvgIpc) is 3.16. The maximum atomic E-state index is 13.2. The van der Waals surface area contributed by atoms with Gasteiger partial charge in [-0.1, -0.05) is 12.1 Å². The number of ether oxygens (including phenoxy) is 1. The van der Waals surface area contributed by atoms with Crippen LogP contribution in [0.3, 0.4) is 0 Å². The summed E-state index contributed by atoms with van der Waals surface area (Å²) in [4.78, 5) is 8.38. The normalized spacial score (nSPS) is 29.3. The highest BCUT2D eigenvalue weighted by Crippen LogP contribution is 2.43. The maximum Gasteiger partial charge on any atom is 0.164 e. The summed E-state index contributed by atoms with van der Waals surface area (Å²) in [6.45, 7) is 3.25. The van der Waals surface area contributed by atoms with E-state index in [1.165, 1.54) is 37.5 Å². The topological polar surface area (TPSA) is 101 Å². The highest BCUT2D eigenvalue weighted by Gasteiger charge is 2.55. The van der Waals surface area contributed by atoms with Gasteiger partial charge in [0.1, 0.15) is 41.7 Å². The molecule has 142 valence electrons. The van der Waals surface area contributed by atoms with E-state index in [1.54, 1.807) is 16.8 Å². The lowest BCUT2D eigenvalue weighted by atomic mass is 9.88. The number of fused-ring (bicyclic) bond motifs is 1. The molecule has 7 nitrogen and oxygen atoms in total. The van der Waals surface area contributed by atoms with E-state index in [2.05, 4.69) is 9.97 Å². The van der Waals surface area contributed by atoms with Crippen molar-refractivity contribution in [1.82, 2.24) is 14.5 Å². The van der Waals surface area contributed by atoms with Gasteiger partial charge in [0.15, 0.2) is 6.23 Å². The third kappa shape index (κ3) is 2.81. The third-order valence-electron chi connectivity index (χ3n) is 5.21. The van der Waals surface area contributed by atoms with Crippen LogP contribution >= 0.6 is 0 Å². The Balaban J connectivity index is 1.70. The molecule has 0 amide bonds. The Morgan fingerprint density at radius 2 is 1.93 bits per heavy atom. The van der Waals surface area contributed by atoms with Crippen molar-refractivity contribution in [2.24, 2.45) is 0 Å². The number of aliphatic hydroxyl groups is 3. The summed E-state index contributed by atoms with van der Waals surface area (Å²) < 4.78 is 20.7. The standard InChI is InChI=1S/C19H20FN3O4/c1-10-13-7-8-23(17(13)22-9-21-10)18-15(25)19(2,26)16(27-18)14(24)11-3-5-12(20)6-4-11/h3-9,14-16,18,24-26H,1-2H3/t14-,15-,16+,18+,19-/m0/s1. The number of hydrogen-bond donors (Lipinski definition) is 3. The fraction of sp³-hybridized carbons (Fsp3) is 0.368. The van der Waals surface area contributed by atoms with Crippen LogP contribution in [0, 0.1) is 12.7 Å². The van der Waals surface area contributed by atoms with Crippen molar-refractivity contribution in [1.29, 1.82) is 0 Å². The van der Waals surface area contributed by atoms with Crippen molar-refractivity contribution in [3.05, 3.63) is 59.9 Å². The van der Waals surface area contributed by atoms with E-state index in [4.69, 9.17) is 4.74 Å². The minimum Gasteiger partial charge on any atom is -0.386 e. The largest absolute Gasteiger partial charge is 0.386 e. The van der Waals surface area contributed by atoms with Gasteiger partial charge < -0.3 is 24.6 Å². The second-order valence-electron chi connectivity index (χ2n) is 7.03. The fourth-order valence-corrected chi connectivity index (χ4v) is 3.57. The summed E-state index contributed by atoms with van der Waals surface area (Å²) in [5, 5.41) is 33.1. The summed E-state index contributed by atoms with van der Waals surface area (Å²) in [5.41, 5.74) is -0.0258. The van der Waals surface area contributed by atoms with E-state index < -0.39 is 36.0 Å². The summed E-state index contributed by atoms with van der Waals surface area (Å²) in [5.74, 6) is -0.433. The second-order valence-corrected chi connectivity index (χ2v) is 7.03. The Kier molecular flexibility index (Phi) is 4.23. The number of aromatic nitrogens is 3. The number of nitrogens with zero attached hydrogens (tertiary/aromatic N) is 3. The Bertz CT molecular complexity index is 973. The van der Waals surface area contributed by atoms with Crippen LogP contribution in [-0.2, 0) is 4.74 Å². The minimum atomic E-state index is -1.74. The van der Waals surface area contributed by atoms with Crippen LogP contribution in [0.25, 0.3) is 11.0 Å². The highest BCUT2D eigenvalue weighted by molar-refractivity contribution is 5.78. The van der Waals surface area contributed by atoms with Crippen LogP contribution in [0.1, 0.15) is 30.5 Å². The highest BCUT2D eigenvalue weighted by atomic mass is 19.1. The molecule has 1 aliphatic rings. The monoisotopic (exact) mass is 373 g/mol. The summed E-state index contributed by atoms with van der Waals surface area (Å²) in [7, 11) is 0. The molecule has 0 bridgehead atoms. The van der Waals surface area contributed by atoms with E-state index >= 15 is 0 Å². The van der Waals surface area contributed by atoms with E-state index in [0.717, 1.165) is 11.1 Å². The first-order chi connectivity index (χ1) is 12.8. The molecule has 1 saturated heterocycles. The van der Waals surface area contributed by atoms with Crippen molar-refractivity contribution < 1.29 is 24.4 Å².